The molecule has 28 heavy (non-hydrogen) atoms. The van der Waals surface area contributed by atoms with E-state index in [1.165, 1.54) is 5.56 Å². The zero-order valence-electron chi connectivity index (χ0n) is 15.8. The topological polar surface area (TPSA) is 41.6 Å². The van der Waals surface area contributed by atoms with Crippen LogP contribution in [0.5, 0.6) is 5.75 Å². The number of carbonyl (C=O) groups is 1. The first-order valence-corrected chi connectivity index (χ1v) is 9.68. The second kappa shape index (κ2) is 8.61. The number of amides is 1. The van der Waals surface area contributed by atoms with E-state index in [1.807, 2.05) is 77.7 Å². The highest BCUT2D eigenvalue weighted by Gasteiger charge is 2.23. The third-order valence-electron chi connectivity index (χ3n) is 4.96. The molecule has 0 spiro atoms. The lowest BCUT2D eigenvalue weighted by molar-refractivity contribution is -0.118. The SMILES string of the molecule is O=C(CCNc1ccc(OCc2ccccc2)cc1)N1CCc2ccccc21. The fourth-order valence-corrected chi connectivity index (χ4v) is 3.46. The summed E-state index contributed by atoms with van der Waals surface area (Å²) in [6, 6.07) is 26.1. The highest BCUT2D eigenvalue weighted by atomic mass is 16.5. The average Bonchev–Trinajstić information content (AvgIpc) is 3.18. The second-order valence-corrected chi connectivity index (χ2v) is 6.90. The number of ether oxygens (including phenoxy) is 1. The summed E-state index contributed by atoms with van der Waals surface area (Å²) in [6.45, 7) is 1.95. The van der Waals surface area contributed by atoms with Gasteiger partial charge in [0.1, 0.15) is 12.4 Å². The van der Waals surface area contributed by atoms with E-state index in [0.29, 0.717) is 19.6 Å². The largest absolute Gasteiger partial charge is 0.489 e. The maximum Gasteiger partial charge on any atom is 0.228 e. The first-order chi connectivity index (χ1) is 13.8. The number of carbonyl (C=O) groups excluding carboxylic acids is 1. The number of nitrogens with zero attached hydrogens (tertiary/aromatic N) is 1. The number of anilines is 2. The van der Waals surface area contributed by atoms with Gasteiger partial charge >= 0.3 is 0 Å². The number of hydrogen-bond donors (Lipinski definition) is 1. The Morgan fingerprint density at radius 2 is 1.68 bits per heavy atom. The molecule has 0 unspecified atom stereocenters. The molecule has 4 heteroatoms. The Kier molecular flexibility index (Phi) is 5.57. The molecule has 1 aliphatic rings. The third-order valence-corrected chi connectivity index (χ3v) is 4.96. The van der Waals surface area contributed by atoms with E-state index in [1.54, 1.807) is 0 Å². The number of benzene rings is 3. The van der Waals surface area contributed by atoms with Gasteiger partial charge in [-0.05, 0) is 47.9 Å². The van der Waals surface area contributed by atoms with Crippen molar-refractivity contribution in [2.45, 2.75) is 19.4 Å². The van der Waals surface area contributed by atoms with Crippen LogP contribution >= 0.6 is 0 Å². The van der Waals surface area contributed by atoms with Gasteiger partial charge in [-0.15, -0.1) is 0 Å². The standard InChI is InChI=1S/C24H24N2O2/c27-24(26-17-15-20-8-4-5-9-23(20)26)14-16-25-21-10-12-22(13-11-21)28-18-19-6-2-1-3-7-19/h1-13,25H,14-18H2. The predicted molar refractivity (Wildman–Crippen MR) is 113 cm³/mol. The molecule has 0 fully saturated rings. The van der Waals surface area contributed by atoms with Crippen LogP contribution in [-0.4, -0.2) is 19.0 Å². The first kappa shape index (κ1) is 18.1. The van der Waals surface area contributed by atoms with Crippen LogP contribution < -0.4 is 15.0 Å². The summed E-state index contributed by atoms with van der Waals surface area (Å²) in [4.78, 5) is 14.4. The highest BCUT2D eigenvalue weighted by Crippen LogP contribution is 2.27. The van der Waals surface area contributed by atoms with Crippen molar-refractivity contribution in [1.29, 1.82) is 0 Å². The number of fused-ring (bicyclic) bond motifs is 1. The lowest BCUT2D eigenvalue weighted by atomic mass is 10.2. The summed E-state index contributed by atoms with van der Waals surface area (Å²) in [5.41, 5.74) is 4.45. The van der Waals surface area contributed by atoms with Crippen molar-refractivity contribution in [3.8, 4) is 5.75 Å². The molecule has 0 saturated heterocycles. The molecule has 142 valence electrons. The molecular weight excluding hydrogens is 348 g/mol. The minimum Gasteiger partial charge on any atom is -0.489 e. The molecule has 0 aromatic heterocycles. The molecule has 4 rings (SSSR count). The lowest BCUT2D eigenvalue weighted by Gasteiger charge is -2.17. The van der Waals surface area contributed by atoms with Crippen molar-refractivity contribution in [3.63, 3.8) is 0 Å². The lowest BCUT2D eigenvalue weighted by Crippen LogP contribution is -2.30. The fourth-order valence-electron chi connectivity index (χ4n) is 3.46. The van der Waals surface area contributed by atoms with Gasteiger partial charge in [-0.2, -0.15) is 0 Å². The van der Waals surface area contributed by atoms with Crippen molar-refractivity contribution in [1.82, 2.24) is 0 Å². The molecule has 0 bridgehead atoms. The van der Waals surface area contributed by atoms with E-state index in [0.717, 1.165) is 35.7 Å². The zero-order chi connectivity index (χ0) is 19.2. The predicted octanol–water partition coefficient (Wildman–Crippen LogP) is 4.66. The Morgan fingerprint density at radius 3 is 2.50 bits per heavy atom. The number of hydrogen-bond acceptors (Lipinski definition) is 3. The van der Waals surface area contributed by atoms with Crippen molar-refractivity contribution in [2.24, 2.45) is 0 Å². The second-order valence-electron chi connectivity index (χ2n) is 6.90. The smallest absolute Gasteiger partial charge is 0.228 e. The maximum atomic E-state index is 12.5. The van der Waals surface area contributed by atoms with E-state index in [-0.39, 0.29) is 5.91 Å². The molecule has 1 aliphatic heterocycles. The van der Waals surface area contributed by atoms with Gasteiger partial charge in [-0.25, -0.2) is 0 Å². The molecule has 1 N–H and O–H groups in total. The number of nitrogens with one attached hydrogen (secondary N) is 1. The summed E-state index contributed by atoms with van der Waals surface area (Å²) in [5, 5.41) is 3.32. The molecule has 0 radical (unpaired) electrons. The zero-order valence-corrected chi connectivity index (χ0v) is 15.8. The van der Waals surface area contributed by atoms with Crippen molar-refractivity contribution >= 4 is 17.3 Å². The summed E-state index contributed by atoms with van der Waals surface area (Å²) >= 11 is 0. The van der Waals surface area contributed by atoms with Crippen molar-refractivity contribution < 1.29 is 9.53 Å². The molecular formula is C24H24N2O2. The maximum absolute atomic E-state index is 12.5. The van der Waals surface area contributed by atoms with Crippen LogP contribution in [0.1, 0.15) is 17.5 Å². The summed E-state index contributed by atoms with van der Waals surface area (Å²) in [7, 11) is 0. The minimum atomic E-state index is 0.167. The number of rotatable bonds is 7. The molecule has 0 saturated carbocycles. The van der Waals surface area contributed by atoms with Gasteiger partial charge in [0, 0.05) is 30.9 Å². The van der Waals surface area contributed by atoms with Crippen LogP contribution in [0, 0.1) is 0 Å². The van der Waals surface area contributed by atoms with Gasteiger partial charge in [-0.3, -0.25) is 4.79 Å². The normalized spacial score (nSPS) is 12.5. The molecule has 0 atom stereocenters. The quantitative estimate of drug-likeness (QED) is 0.656. The van der Waals surface area contributed by atoms with Gasteiger partial charge < -0.3 is 15.0 Å². The monoisotopic (exact) mass is 372 g/mol. The van der Waals surface area contributed by atoms with Crippen LogP contribution in [0.2, 0.25) is 0 Å². The third kappa shape index (κ3) is 4.34. The molecule has 3 aromatic carbocycles. The van der Waals surface area contributed by atoms with E-state index < -0.39 is 0 Å². The molecule has 1 heterocycles. The van der Waals surface area contributed by atoms with Crippen LogP contribution in [-0.2, 0) is 17.8 Å². The minimum absolute atomic E-state index is 0.167. The van der Waals surface area contributed by atoms with Gasteiger partial charge in [-0.1, -0.05) is 48.5 Å². The number of para-hydroxylation sites is 1. The Hall–Kier alpha value is -3.27. The Balaban J connectivity index is 1.24. The average molecular weight is 372 g/mol. The molecule has 1 amide bonds. The van der Waals surface area contributed by atoms with Gasteiger partial charge in [0.05, 0.1) is 0 Å². The van der Waals surface area contributed by atoms with E-state index in [9.17, 15) is 4.79 Å². The summed E-state index contributed by atoms with van der Waals surface area (Å²) < 4.78 is 5.80. The van der Waals surface area contributed by atoms with Gasteiger partial charge in [0.25, 0.3) is 0 Å². The Morgan fingerprint density at radius 1 is 0.929 bits per heavy atom. The highest BCUT2D eigenvalue weighted by molar-refractivity contribution is 5.95. The van der Waals surface area contributed by atoms with E-state index in [2.05, 4.69) is 11.4 Å². The summed E-state index contributed by atoms with van der Waals surface area (Å²) in [5.74, 6) is 0.999. The molecule has 3 aromatic rings. The van der Waals surface area contributed by atoms with E-state index in [4.69, 9.17) is 4.74 Å². The van der Waals surface area contributed by atoms with E-state index >= 15 is 0 Å². The summed E-state index contributed by atoms with van der Waals surface area (Å²) in [6.07, 6.45) is 1.42. The van der Waals surface area contributed by atoms with Crippen LogP contribution in [0.25, 0.3) is 0 Å². The van der Waals surface area contributed by atoms with Crippen LogP contribution in [0.3, 0.4) is 0 Å². The van der Waals surface area contributed by atoms with Crippen LogP contribution in [0.4, 0.5) is 11.4 Å². The first-order valence-electron chi connectivity index (χ1n) is 9.68. The van der Waals surface area contributed by atoms with Crippen LogP contribution in [0.15, 0.2) is 78.9 Å². The van der Waals surface area contributed by atoms with Crippen molar-refractivity contribution in [3.05, 3.63) is 90.0 Å². The fraction of sp³-hybridized carbons (Fsp3) is 0.208. The molecule has 0 aliphatic carbocycles. The van der Waals surface area contributed by atoms with Gasteiger partial charge in [0.15, 0.2) is 0 Å². The van der Waals surface area contributed by atoms with Gasteiger partial charge in [0.2, 0.25) is 5.91 Å². The Labute approximate surface area is 165 Å². The molecule has 4 nitrogen and oxygen atoms in total. The Bertz CT molecular complexity index is 923. The van der Waals surface area contributed by atoms with Crippen molar-refractivity contribution in [2.75, 3.05) is 23.3 Å².